The highest BCUT2D eigenvalue weighted by atomic mass is 32.2. The number of carboxylic acids is 1. The summed E-state index contributed by atoms with van der Waals surface area (Å²) in [7, 11) is -4.31. The molecule has 5 unspecified atom stereocenters. The van der Waals surface area contributed by atoms with E-state index in [1.54, 1.807) is 0 Å². The monoisotopic (exact) mass is 449 g/mol. The Balaban J connectivity index is 2.52. The Morgan fingerprint density at radius 1 is 1.30 bits per heavy atom. The molecule has 2 rings (SSSR count). The fourth-order valence-electron chi connectivity index (χ4n) is 3.07. The summed E-state index contributed by atoms with van der Waals surface area (Å²) in [4.78, 5) is 22.9. The van der Waals surface area contributed by atoms with Gasteiger partial charge in [0.2, 0.25) is 21.7 Å². The molecule has 1 aliphatic heterocycles. The number of hydrogen-bond donors (Lipinski definition) is 6. The first-order valence-electron chi connectivity index (χ1n) is 8.70. The number of aromatic nitrogens is 1. The normalized spacial score (nSPS) is 23.8. The maximum Gasteiger partial charge on any atom is 0.370 e. The van der Waals surface area contributed by atoms with Crippen LogP contribution in [0.15, 0.2) is 21.3 Å². The summed E-state index contributed by atoms with van der Waals surface area (Å²) in [6, 6.07) is -2.74. The lowest BCUT2D eigenvalue weighted by molar-refractivity contribution is -0.146. The van der Waals surface area contributed by atoms with Gasteiger partial charge >= 0.3 is 5.97 Å². The molecule has 13 nitrogen and oxygen atoms in total. The van der Waals surface area contributed by atoms with Crippen LogP contribution < -0.4 is 10.0 Å². The van der Waals surface area contributed by atoms with Crippen LogP contribution in [0.4, 0.5) is 0 Å². The molecule has 0 fully saturated rings. The second kappa shape index (κ2) is 9.09. The molecular formula is C16H23N3O10S. The summed E-state index contributed by atoms with van der Waals surface area (Å²) >= 11 is 0. The van der Waals surface area contributed by atoms with Gasteiger partial charge in [-0.1, -0.05) is 5.16 Å². The van der Waals surface area contributed by atoms with Crippen LogP contribution in [0.5, 0.6) is 0 Å². The molecule has 0 bridgehead atoms. The maximum atomic E-state index is 12.9. The number of hydrogen-bond acceptors (Lipinski definition) is 10. The van der Waals surface area contributed by atoms with E-state index in [2.05, 4.69) is 15.2 Å². The van der Waals surface area contributed by atoms with Crippen LogP contribution in [0.25, 0.3) is 0 Å². The number of carboxylic acid groups (broad SMARTS) is 1. The van der Waals surface area contributed by atoms with Crippen molar-refractivity contribution in [3.63, 3.8) is 0 Å². The van der Waals surface area contributed by atoms with E-state index < -0.39 is 64.7 Å². The minimum atomic E-state index is -4.31. The zero-order valence-corrected chi connectivity index (χ0v) is 17.1. The van der Waals surface area contributed by atoms with E-state index in [1.165, 1.54) is 13.8 Å². The number of sulfonamides is 1. The second-order valence-electron chi connectivity index (χ2n) is 6.69. The molecule has 14 heteroatoms. The van der Waals surface area contributed by atoms with E-state index in [1.807, 2.05) is 0 Å². The molecule has 1 amide bonds. The van der Waals surface area contributed by atoms with Gasteiger partial charge in [-0.05, 0) is 19.9 Å². The molecule has 2 heterocycles. The van der Waals surface area contributed by atoms with Gasteiger partial charge in [0.05, 0.1) is 18.7 Å². The average molecular weight is 449 g/mol. The molecule has 30 heavy (non-hydrogen) atoms. The largest absolute Gasteiger partial charge is 0.478 e. The predicted octanol–water partition coefficient (Wildman–Crippen LogP) is -2.48. The number of carbonyl (C=O) groups excluding carboxylic acids is 1. The summed E-state index contributed by atoms with van der Waals surface area (Å²) in [6.45, 7) is 2.98. The fraction of sp³-hybridized carbons (Fsp3) is 0.562. The zero-order chi connectivity index (χ0) is 22.8. The standard InChI is InChI=1S/C16H23N3O10S/c1-6-15(7(2)29-18-6)30(26,27)19-9-4-11(16(24)25)28-14(12(9)17-8(3)21)13(23)10(22)5-20/h4,9-10,12-14,19-20,22-23H,5H2,1-3H3,(H,17,21)(H,24,25). The molecule has 0 aliphatic carbocycles. The Hall–Kier alpha value is -2.52. The molecular weight excluding hydrogens is 426 g/mol. The van der Waals surface area contributed by atoms with Gasteiger partial charge in [0.25, 0.3) is 0 Å². The van der Waals surface area contributed by atoms with E-state index in [-0.39, 0.29) is 16.3 Å². The number of aliphatic hydroxyl groups excluding tert-OH is 3. The smallest absolute Gasteiger partial charge is 0.370 e. The molecule has 6 N–H and O–H groups in total. The highest BCUT2D eigenvalue weighted by Crippen LogP contribution is 2.26. The summed E-state index contributed by atoms with van der Waals surface area (Å²) < 4.78 is 38.1. The molecule has 0 spiro atoms. The summed E-state index contributed by atoms with van der Waals surface area (Å²) in [5.74, 6) is -2.96. The molecule has 0 saturated heterocycles. The first-order chi connectivity index (χ1) is 13.9. The minimum absolute atomic E-state index is 0.0159. The van der Waals surface area contributed by atoms with Gasteiger partial charge in [0.1, 0.15) is 28.9 Å². The summed E-state index contributed by atoms with van der Waals surface area (Å²) in [5, 5.41) is 44.4. The third-order valence-electron chi connectivity index (χ3n) is 4.36. The van der Waals surface area contributed by atoms with Gasteiger partial charge in [-0.2, -0.15) is 0 Å². The van der Waals surface area contributed by atoms with Crippen LogP contribution in [-0.4, -0.2) is 82.9 Å². The van der Waals surface area contributed by atoms with E-state index in [9.17, 15) is 33.3 Å². The van der Waals surface area contributed by atoms with E-state index in [0.717, 1.165) is 13.0 Å². The van der Waals surface area contributed by atoms with Crippen LogP contribution in [-0.2, 0) is 24.3 Å². The van der Waals surface area contributed by atoms with E-state index >= 15 is 0 Å². The predicted molar refractivity (Wildman–Crippen MR) is 97.4 cm³/mol. The molecule has 0 saturated carbocycles. The van der Waals surface area contributed by atoms with Crippen molar-refractivity contribution < 1.29 is 47.7 Å². The summed E-state index contributed by atoms with van der Waals surface area (Å²) in [5.41, 5.74) is 0.0536. The molecule has 1 aromatic heterocycles. The number of rotatable bonds is 8. The van der Waals surface area contributed by atoms with Crippen LogP contribution in [0, 0.1) is 13.8 Å². The lowest BCUT2D eigenvalue weighted by Crippen LogP contribution is -2.63. The van der Waals surface area contributed by atoms with Crippen LogP contribution in [0.3, 0.4) is 0 Å². The molecule has 1 aliphatic rings. The van der Waals surface area contributed by atoms with Crippen molar-refractivity contribution in [2.45, 2.75) is 56.1 Å². The third kappa shape index (κ3) is 4.96. The number of aliphatic hydroxyl groups is 3. The lowest BCUT2D eigenvalue weighted by Gasteiger charge is -2.39. The first kappa shape index (κ1) is 23.8. The van der Waals surface area contributed by atoms with Crippen molar-refractivity contribution in [2.75, 3.05) is 6.61 Å². The molecule has 168 valence electrons. The molecule has 0 radical (unpaired) electrons. The molecule has 1 aromatic rings. The van der Waals surface area contributed by atoms with Gasteiger partial charge in [-0.25, -0.2) is 17.9 Å². The van der Waals surface area contributed by atoms with Crippen LogP contribution in [0.1, 0.15) is 18.4 Å². The number of nitrogens with one attached hydrogen (secondary N) is 2. The van der Waals surface area contributed by atoms with Crippen molar-refractivity contribution in [1.29, 1.82) is 0 Å². The SMILES string of the molecule is CC(=O)NC1C(NS(=O)(=O)c2c(C)noc2C)C=C(C(=O)O)OC1C(O)C(O)CO. The Morgan fingerprint density at radius 2 is 1.93 bits per heavy atom. The quantitative estimate of drug-likeness (QED) is 0.245. The lowest BCUT2D eigenvalue weighted by atomic mass is 9.92. The van der Waals surface area contributed by atoms with E-state index in [0.29, 0.717) is 0 Å². The number of nitrogens with zero attached hydrogens (tertiary/aromatic N) is 1. The first-order valence-corrected chi connectivity index (χ1v) is 10.2. The Labute approximate surface area is 171 Å². The van der Waals surface area contributed by atoms with E-state index in [4.69, 9.17) is 14.4 Å². The highest BCUT2D eigenvalue weighted by Gasteiger charge is 2.45. The topological polar surface area (TPSA) is 209 Å². The molecule has 0 aromatic carbocycles. The number of aryl methyl sites for hydroxylation is 2. The van der Waals surface area contributed by atoms with Gasteiger partial charge in [-0.3, -0.25) is 4.79 Å². The number of ether oxygens (including phenoxy) is 1. The third-order valence-corrected chi connectivity index (χ3v) is 6.06. The Bertz CT molecular complexity index is 922. The van der Waals surface area contributed by atoms with Gasteiger partial charge in [-0.15, -0.1) is 0 Å². The minimum Gasteiger partial charge on any atom is -0.478 e. The van der Waals surface area contributed by atoms with Crippen molar-refractivity contribution in [3.05, 3.63) is 23.3 Å². The second-order valence-corrected chi connectivity index (χ2v) is 8.34. The fourth-order valence-corrected chi connectivity index (χ4v) is 4.60. The van der Waals surface area contributed by atoms with Gasteiger partial charge in [0, 0.05) is 6.92 Å². The van der Waals surface area contributed by atoms with Gasteiger partial charge in [0.15, 0.2) is 5.76 Å². The number of carbonyl (C=O) groups is 2. The van der Waals surface area contributed by atoms with Crippen LogP contribution in [0.2, 0.25) is 0 Å². The number of aliphatic carboxylic acids is 1. The van der Waals surface area contributed by atoms with Crippen molar-refractivity contribution in [2.24, 2.45) is 0 Å². The maximum absolute atomic E-state index is 12.9. The van der Waals surface area contributed by atoms with Crippen molar-refractivity contribution in [1.82, 2.24) is 15.2 Å². The van der Waals surface area contributed by atoms with Crippen molar-refractivity contribution >= 4 is 21.9 Å². The summed E-state index contributed by atoms with van der Waals surface area (Å²) in [6.07, 6.45) is -4.31. The average Bonchev–Trinajstić information content (AvgIpc) is 2.99. The Morgan fingerprint density at radius 3 is 2.40 bits per heavy atom. The highest BCUT2D eigenvalue weighted by molar-refractivity contribution is 7.89. The number of amides is 1. The van der Waals surface area contributed by atoms with Gasteiger partial charge < -0.3 is 35.0 Å². The Kier molecular flexibility index (Phi) is 7.20. The molecule has 5 atom stereocenters. The van der Waals surface area contributed by atoms with Crippen molar-refractivity contribution in [3.8, 4) is 0 Å². The van der Waals surface area contributed by atoms with Crippen LogP contribution >= 0.6 is 0 Å². The zero-order valence-electron chi connectivity index (χ0n) is 16.3.